The molecule has 4 rings (SSSR count). The van der Waals surface area contributed by atoms with Crippen LogP contribution in [0.4, 0.5) is 0 Å². The van der Waals surface area contributed by atoms with Gasteiger partial charge in [-0.25, -0.2) is 0 Å². The van der Waals surface area contributed by atoms with Crippen molar-refractivity contribution in [2.24, 2.45) is 0 Å². The summed E-state index contributed by atoms with van der Waals surface area (Å²) in [6, 6.07) is 9.57. The second-order valence-corrected chi connectivity index (χ2v) is 11.7. The lowest BCUT2D eigenvalue weighted by molar-refractivity contribution is 0.775. The summed E-state index contributed by atoms with van der Waals surface area (Å²) in [6.07, 6.45) is 11.1. The van der Waals surface area contributed by atoms with Crippen LogP contribution >= 0.6 is 0 Å². The molecule has 0 atom stereocenters. The molecule has 0 fully saturated rings. The minimum Gasteiger partial charge on any atom is -0.0652 e. The van der Waals surface area contributed by atoms with E-state index < -0.39 is 0 Å². The maximum Gasteiger partial charge on any atom is -0.00549 e. The van der Waals surface area contributed by atoms with Gasteiger partial charge in [-0.2, -0.15) is 0 Å². The largest absolute Gasteiger partial charge is 0.0652 e. The van der Waals surface area contributed by atoms with E-state index in [1.54, 1.807) is 44.5 Å². The molecule has 176 valence electrons. The first-order valence-corrected chi connectivity index (χ1v) is 13.4. The average Bonchev–Trinajstić information content (AvgIpc) is 3.35. The summed E-state index contributed by atoms with van der Waals surface area (Å²) >= 11 is 0. The standard InChI is InChI=1S/C33H44/c1-20(2)26-12-13-27(21(3)4)31-17-24(16-30(26)31)10-9-11-25-18-32-28(22(5)6)14-15-29(23(7)8)33(32)19-25/h12-16,18,20-23H,9-11,17,19H2,1-8H3. The average molecular weight is 441 g/mol. The molecule has 2 aliphatic carbocycles. The predicted molar refractivity (Wildman–Crippen MR) is 146 cm³/mol. The number of rotatable bonds is 8. The summed E-state index contributed by atoms with van der Waals surface area (Å²) in [6.45, 7) is 18.7. The highest BCUT2D eigenvalue weighted by molar-refractivity contribution is 5.70. The van der Waals surface area contributed by atoms with E-state index in [9.17, 15) is 0 Å². The third kappa shape index (κ3) is 4.77. The molecule has 2 aromatic rings. The molecule has 0 N–H and O–H groups in total. The minimum atomic E-state index is 0.586. The van der Waals surface area contributed by atoms with E-state index in [2.05, 4.69) is 91.8 Å². The van der Waals surface area contributed by atoms with Gasteiger partial charge in [0.25, 0.3) is 0 Å². The van der Waals surface area contributed by atoms with E-state index in [-0.39, 0.29) is 0 Å². The van der Waals surface area contributed by atoms with Crippen LogP contribution in [0.2, 0.25) is 0 Å². The van der Waals surface area contributed by atoms with Crippen LogP contribution in [0, 0.1) is 0 Å². The fourth-order valence-corrected chi connectivity index (χ4v) is 6.05. The Morgan fingerprint density at radius 3 is 1.18 bits per heavy atom. The maximum atomic E-state index is 2.54. The van der Waals surface area contributed by atoms with Gasteiger partial charge in [0.1, 0.15) is 0 Å². The minimum absolute atomic E-state index is 0.586. The van der Waals surface area contributed by atoms with Crippen LogP contribution in [0.5, 0.6) is 0 Å². The first-order chi connectivity index (χ1) is 15.7. The Bertz CT molecular complexity index is 998. The predicted octanol–water partition coefficient (Wildman–Crippen LogP) is 9.93. The Morgan fingerprint density at radius 1 is 0.515 bits per heavy atom. The Labute approximate surface area is 203 Å². The molecule has 33 heavy (non-hydrogen) atoms. The highest BCUT2D eigenvalue weighted by Crippen LogP contribution is 2.40. The molecule has 0 saturated heterocycles. The molecule has 0 aliphatic heterocycles. The molecule has 2 aliphatic rings. The first-order valence-electron chi connectivity index (χ1n) is 13.4. The molecular formula is C33H44. The van der Waals surface area contributed by atoms with Crippen molar-refractivity contribution < 1.29 is 0 Å². The summed E-state index contributed by atoms with van der Waals surface area (Å²) in [5.41, 5.74) is 15.8. The molecule has 0 unspecified atom stereocenters. The Kier molecular flexibility index (Phi) is 7.04. The molecule has 0 bridgehead atoms. The van der Waals surface area contributed by atoms with E-state index in [4.69, 9.17) is 0 Å². The highest BCUT2D eigenvalue weighted by atomic mass is 14.3. The topological polar surface area (TPSA) is 0 Å². The molecule has 0 aromatic heterocycles. The van der Waals surface area contributed by atoms with Gasteiger partial charge in [-0.3, -0.25) is 0 Å². The van der Waals surface area contributed by atoms with Gasteiger partial charge in [-0.15, -0.1) is 0 Å². The van der Waals surface area contributed by atoms with E-state index in [0.717, 1.165) is 12.8 Å². The van der Waals surface area contributed by atoms with Crippen molar-refractivity contribution in [2.45, 2.75) is 111 Å². The highest BCUT2D eigenvalue weighted by Gasteiger charge is 2.24. The van der Waals surface area contributed by atoms with Crippen molar-refractivity contribution in [3.63, 3.8) is 0 Å². The Balaban J connectivity index is 1.47. The van der Waals surface area contributed by atoms with Crippen molar-refractivity contribution in [1.29, 1.82) is 0 Å². The van der Waals surface area contributed by atoms with E-state index in [1.165, 1.54) is 30.4 Å². The van der Waals surface area contributed by atoms with Crippen molar-refractivity contribution in [1.82, 2.24) is 0 Å². The van der Waals surface area contributed by atoms with Crippen molar-refractivity contribution >= 4 is 12.2 Å². The second-order valence-electron chi connectivity index (χ2n) is 11.7. The second kappa shape index (κ2) is 9.65. The third-order valence-corrected chi connectivity index (χ3v) is 7.84. The van der Waals surface area contributed by atoms with Gasteiger partial charge in [-0.05, 0) is 100 Å². The van der Waals surface area contributed by atoms with Crippen LogP contribution in [0.15, 0.2) is 35.4 Å². The van der Waals surface area contributed by atoms with Crippen molar-refractivity contribution in [2.75, 3.05) is 0 Å². The van der Waals surface area contributed by atoms with Gasteiger partial charge < -0.3 is 0 Å². The number of benzene rings is 2. The van der Waals surface area contributed by atoms with Gasteiger partial charge in [0.15, 0.2) is 0 Å². The molecule has 0 amide bonds. The van der Waals surface area contributed by atoms with Crippen LogP contribution < -0.4 is 0 Å². The lowest BCUT2D eigenvalue weighted by Gasteiger charge is -2.17. The molecule has 0 radical (unpaired) electrons. The summed E-state index contributed by atoms with van der Waals surface area (Å²) in [5, 5.41) is 0. The quantitative estimate of drug-likeness (QED) is 0.383. The van der Waals surface area contributed by atoms with Gasteiger partial charge in [0.05, 0.1) is 0 Å². The molecule has 0 heterocycles. The Hall–Kier alpha value is -2.08. The lowest BCUT2D eigenvalue weighted by atomic mass is 9.87. The van der Waals surface area contributed by atoms with Gasteiger partial charge >= 0.3 is 0 Å². The summed E-state index contributed by atoms with van der Waals surface area (Å²) in [4.78, 5) is 0. The van der Waals surface area contributed by atoms with Crippen LogP contribution in [-0.4, -0.2) is 0 Å². The molecular weight excluding hydrogens is 396 g/mol. The number of hydrogen-bond acceptors (Lipinski definition) is 0. The van der Waals surface area contributed by atoms with Gasteiger partial charge in [0.2, 0.25) is 0 Å². The smallest absolute Gasteiger partial charge is 0.00549 e. The van der Waals surface area contributed by atoms with Crippen LogP contribution in [0.25, 0.3) is 12.2 Å². The third-order valence-electron chi connectivity index (χ3n) is 7.84. The normalized spacial score (nSPS) is 15.0. The summed E-state index contributed by atoms with van der Waals surface area (Å²) in [7, 11) is 0. The molecule has 0 saturated carbocycles. The summed E-state index contributed by atoms with van der Waals surface area (Å²) < 4.78 is 0. The van der Waals surface area contributed by atoms with Crippen LogP contribution in [-0.2, 0) is 12.8 Å². The van der Waals surface area contributed by atoms with E-state index in [0.29, 0.717) is 23.7 Å². The van der Waals surface area contributed by atoms with Crippen molar-refractivity contribution in [3.05, 3.63) is 79.9 Å². The van der Waals surface area contributed by atoms with E-state index in [1.807, 2.05) is 0 Å². The van der Waals surface area contributed by atoms with Crippen molar-refractivity contribution in [3.8, 4) is 0 Å². The maximum absolute atomic E-state index is 2.54. The molecule has 0 spiro atoms. The SMILES string of the molecule is CC(C)c1ccc(C(C)C)c2c1C=C(CCCC1=Cc3c(C(C)C)ccc(C(C)C)c3C1)C2. The zero-order valence-corrected chi connectivity index (χ0v) is 22.3. The molecule has 0 heteroatoms. The zero-order valence-electron chi connectivity index (χ0n) is 22.3. The number of fused-ring (bicyclic) bond motifs is 2. The zero-order chi connectivity index (χ0) is 23.9. The first kappa shape index (κ1) is 24.1. The van der Waals surface area contributed by atoms with Crippen LogP contribution in [0.1, 0.15) is 143 Å². The number of allylic oxidation sites excluding steroid dienone is 2. The fourth-order valence-electron chi connectivity index (χ4n) is 6.05. The summed E-state index contributed by atoms with van der Waals surface area (Å²) in [5.74, 6) is 2.37. The van der Waals surface area contributed by atoms with Crippen LogP contribution in [0.3, 0.4) is 0 Å². The number of hydrogen-bond donors (Lipinski definition) is 0. The lowest BCUT2D eigenvalue weighted by Crippen LogP contribution is -2.01. The molecule has 2 aromatic carbocycles. The Morgan fingerprint density at radius 2 is 0.848 bits per heavy atom. The van der Waals surface area contributed by atoms with Gasteiger partial charge in [-0.1, -0.05) is 103 Å². The van der Waals surface area contributed by atoms with E-state index >= 15 is 0 Å². The fraction of sp³-hybridized carbons (Fsp3) is 0.515. The molecule has 0 nitrogen and oxygen atoms in total. The van der Waals surface area contributed by atoms with Gasteiger partial charge in [0, 0.05) is 0 Å². The monoisotopic (exact) mass is 440 g/mol.